The topological polar surface area (TPSA) is 32.3 Å². The maximum absolute atomic E-state index is 12.2. The van der Waals surface area contributed by atoms with Crippen LogP contribution in [0.2, 0.25) is 0 Å². The van der Waals surface area contributed by atoms with Gasteiger partial charge in [0.05, 0.1) is 6.04 Å². The van der Waals surface area contributed by atoms with Gasteiger partial charge in [0.2, 0.25) is 0 Å². The highest BCUT2D eigenvalue weighted by Crippen LogP contribution is 2.24. The number of nitrogens with one attached hydrogen (secondary N) is 1. The summed E-state index contributed by atoms with van der Waals surface area (Å²) in [7, 11) is 0. The smallest absolute Gasteiger partial charge is 0.252 e. The van der Waals surface area contributed by atoms with Gasteiger partial charge in [0.15, 0.2) is 0 Å². The number of hydrogen-bond acceptors (Lipinski definition) is 3. The van der Waals surface area contributed by atoms with Gasteiger partial charge in [-0.3, -0.25) is 9.69 Å². The van der Waals surface area contributed by atoms with Gasteiger partial charge in [-0.25, -0.2) is 0 Å². The molecule has 0 bridgehead atoms. The molecule has 116 valence electrons. The van der Waals surface area contributed by atoms with Gasteiger partial charge in [0, 0.05) is 17.5 Å². The number of amides is 1. The van der Waals surface area contributed by atoms with Crippen molar-refractivity contribution in [2.45, 2.75) is 25.3 Å². The summed E-state index contributed by atoms with van der Waals surface area (Å²) in [6.07, 6.45) is 3.82. The number of likely N-dealkylation sites (tertiary alicyclic amines) is 1. The molecule has 4 heteroatoms. The molecule has 1 aromatic carbocycles. The van der Waals surface area contributed by atoms with Crippen LogP contribution < -0.4 is 5.32 Å². The van der Waals surface area contributed by atoms with E-state index in [0.29, 0.717) is 6.54 Å². The molecule has 1 aliphatic heterocycles. The van der Waals surface area contributed by atoms with Crippen LogP contribution in [0.3, 0.4) is 0 Å². The fourth-order valence-electron chi connectivity index (χ4n) is 3.05. The van der Waals surface area contributed by atoms with Crippen molar-refractivity contribution in [2.24, 2.45) is 0 Å². The van der Waals surface area contributed by atoms with Gasteiger partial charge < -0.3 is 5.32 Å². The van der Waals surface area contributed by atoms with Crippen molar-refractivity contribution in [3.63, 3.8) is 0 Å². The Kier molecular flexibility index (Phi) is 5.24. The lowest BCUT2D eigenvalue weighted by atomic mass is 10.0. The molecular formula is C18H22N2OS. The van der Waals surface area contributed by atoms with Gasteiger partial charge in [-0.05, 0) is 42.9 Å². The first kappa shape index (κ1) is 15.3. The van der Waals surface area contributed by atoms with Gasteiger partial charge in [-0.15, -0.1) is 0 Å². The zero-order valence-corrected chi connectivity index (χ0v) is 13.5. The van der Waals surface area contributed by atoms with Crippen LogP contribution in [0.25, 0.3) is 0 Å². The highest BCUT2D eigenvalue weighted by atomic mass is 32.1. The first-order valence-corrected chi connectivity index (χ1v) is 8.88. The zero-order valence-electron chi connectivity index (χ0n) is 12.7. The van der Waals surface area contributed by atoms with E-state index in [9.17, 15) is 4.79 Å². The SMILES string of the molecule is O=C(NC[C@@H](c1ccccc1)N1CCCCC1)c1ccsc1. The predicted octanol–water partition coefficient (Wildman–Crippen LogP) is 3.71. The van der Waals surface area contributed by atoms with E-state index in [4.69, 9.17) is 0 Å². The van der Waals surface area contributed by atoms with Crippen LogP contribution in [0.1, 0.15) is 41.2 Å². The molecule has 3 nitrogen and oxygen atoms in total. The molecule has 2 heterocycles. The molecule has 0 saturated carbocycles. The second-order valence-electron chi connectivity index (χ2n) is 5.75. The van der Waals surface area contributed by atoms with E-state index < -0.39 is 0 Å². The van der Waals surface area contributed by atoms with Crippen LogP contribution in [0.4, 0.5) is 0 Å². The van der Waals surface area contributed by atoms with Crippen molar-refractivity contribution in [1.82, 2.24) is 10.2 Å². The van der Waals surface area contributed by atoms with E-state index in [1.807, 2.05) is 22.9 Å². The largest absolute Gasteiger partial charge is 0.350 e. The van der Waals surface area contributed by atoms with Crippen molar-refractivity contribution in [2.75, 3.05) is 19.6 Å². The Morgan fingerprint density at radius 3 is 2.59 bits per heavy atom. The van der Waals surface area contributed by atoms with Crippen molar-refractivity contribution in [3.8, 4) is 0 Å². The summed E-state index contributed by atoms with van der Waals surface area (Å²) in [5, 5.41) is 6.94. The number of piperidine rings is 1. The van der Waals surface area contributed by atoms with Gasteiger partial charge in [-0.1, -0.05) is 36.8 Å². The van der Waals surface area contributed by atoms with Gasteiger partial charge in [0.25, 0.3) is 5.91 Å². The van der Waals surface area contributed by atoms with Gasteiger partial charge >= 0.3 is 0 Å². The second-order valence-corrected chi connectivity index (χ2v) is 6.53. The third-order valence-corrected chi connectivity index (χ3v) is 4.94. The van der Waals surface area contributed by atoms with Crippen LogP contribution >= 0.6 is 11.3 Å². The number of rotatable bonds is 5. The van der Waals surface area contributed by atoms with Crippen LogP contribution in [-0.4, -0.2) is 30.4 Å². The Hall–Kier alpha value is -1.65. The third-order valence-electron chi connectivity index (χ3n) is 4.26. The Labute approximate surface area is 136 Å². The third kappa shape index (κ3) is 3.76. The minimum Gasteiger partial charge on any atom is -0.350 e. The minimum atomic E-state index is 0.0270. The highest BCUT2D eigenvalue weighted by molar-refractivity contribution is 7.08. The number of hydrogen-bond donors (Lipinski definition) is 1. The van der Waals surface area contributed by atoms with Crippen molar-refractivity contribution in [1.29, 1.82) is 0 Å². The Balaban J connectivity index is 1.69. The molecule has 3 rings (SSSR count). The number of benzene rings is 1. The molecule has 1 amide bonds. The maximum atomic E-state index is 12.2. The van der Waals surface area contributed by atoms with E-state index >= 15 is 0 Å². The Morgan fingerprint density at radius 1 is 1.14 bits per heavy atom. The van der Waals surface area contributed by atoms with E-state index in [1.165, 1.54) is 24.8 Å². The fraction of sp³-hybridized carbons (Fsp3) is 0.389. The van der Waals surface area contributed by atoms with Crippen LogP contribution in [0.5, 0.6) is 0 Å². The molecular weight excluding hydrogens is 292 g/mol. The molecule has 1 aromatic heterocycles. The monoisotopic (exact) mass is 314 g/mol. The van der Waals surface area contributed by atoms with Crippen molar-refractivity contribution in [3.05, 3.63) is 58.3 Å². The summed E-state index contributed by atoms with van der Waals surface area (Å²) in [4.78, 5) is 14.7. The first-order chi connectivity index (χ1) is 10.8. The number of carbonyl (C=O) groups is 1. The molecule has 0 aliphatic carbocycles. The lowest BCUT2D eigenvalue weighted by Crippen LogP contribution is -2.40. The lowest BCUT2D eigenvalue weighted by molar-refractivity contribution is 0.0925. The van der Waals surface area contributed by atoms with Crippen LogP contribution in [0.15, 0.2) is 47.2 Å². The fourth-order valence-corrected chi connectivity index (χ4v) is 3.68. The maximum Gasteiger partial charge on any atom is 0.252 e. The van der Waals surface area contributed by atoms with E-state index in [1.54, 1.807) is 11.3 Å². The Morgan fingerprint density at radius 2 is 1.91 bits per heavy atom. The first-order valence-electron chi connectivity index (χ1n) is 7.94. The van der Waals surface area contributed by atoms with Gasteiger partial charge in [-0.2, -0.15) is 11.3 Å². The molecule has 0 radical (unpaired) electrons. The van der Waals surface area contributed by atoms with Crippen LogP contribution in [0, 0.1) is 0 Å². The number of carbonyl (C=O) groups excluding carboxylic acids is 1. The molecule has 0 spiro atoms. The number of thiophene rings is 1. The lowest BCUT2D eigenvalue weighted by Gasteiger charge is -2.35. The molecule has 1 saturated heterocycles. The summed E-state index contributed by atoms with van der Waals surface area (Å²) in [5.74, 6) is 0.0270. The van der Waals surface area contributed by atoms with E-state index in [2.05, 4.69) is 34.5 Å². The van der Waals surface area contributed by atoms with Gasteiger partial charge in [0.1, 0.15) is 0 Å². The molecule has 22 heavy (non-hydrogen) atoms. The molecule has 1 fully saturated rings. The molecule has 2 aromatic rings. The molecule has 0 unspecified atom stereocenters. The van der Waals surface area contributed by atoms with Crippen molar-refractivity contribution < 1.29 is 4.79 Å². The molecule has 1 aliphatic rings. The quantitative estimate of drug-likeness (QED) is 0.912. The summed E-state index contributed by atoms with van der Waals surface area (Å²) in [6, 6.07) is 12.7. The Bertz CT molecular complexity index is 576. The summed E-state index contributed by atoms with van der Waals surface area (Å²) >= 11 is 1.56. The summed E-state index contributed by atoms with van der Waals surface area (Å²) in [5.41, 5.74) is 2.05. The predicted molar refractivity (Wildman–Crippen MR) is 91.3 cm³/mol. The average Bonchev–Trinajstić information content (AvgIpc) is 3.11. The minimum absolute atomic E-state index is 0.0270. The standard InChI is InChI=1S/C18H22N2OS/c21-18(16-9-12-22-14-16)19-13-17(15-7-3-1-4-8-15)20-10-5-2-6-11-20/h1,3-4,7-9,12,14,17H,2,5-6,10-11,13H2,(H,19,21)/t17-/m0/s1. The van der Waals surface area contributed by atoms with E-state index in [0.717, 1.165) is 18.7 Å². The highest BCUT2D eigenvalue weighted by Gasteiger charge is 2.22. The average molecular weight is 314 g/mol. The van der Waals surface area contributed by atoms with E-state index in [-0.39, 0.29) is 11.9 Å². The van der Waals surface area contributed by atoms with Crippen LogP contribution in [-0.2, 0) is 0 Å². The summed E-state index contributed by atoms with van der Waals surface area (Å²) in [6.45, 7) is 2.90. The zero-order chi connectivity index (χ0) is 15.2. The second kappa shape index (κ2) is 7.56. The molecule has 1 atom stereocenters. The summed E-state index contributed by atoms with van der Waals surface area (Å²) < 4.78 is 0. The number of nitrogens with zero attached hydrogens (tertiary/aromatic N) is 1. The normalized spacial score (nSPS) is 17.1. The molecule has 1 N–H and O–H groups in total. The van der Waals surface area contributed by atoms with Crippen molar-refractivity contribution >= 4 is 17.2 Å².